The molecule has 2 rings (SSSR count). The van der Waals surface area contributed by atoms with Gasteiger partial charge in [-0.2, -0.15) is 22.0 Å². The summed E-state index contributed by atoms with van der Waals surface area (Å²) in [4.78, 5) is 3.46. The lowest BCUT2D eigenvalue weighted by molar-refractivity contribution is -0.336. The van der Waals surface area contributed by atoms with E-state index < -0.39 is 28.8 Å². The second kappa shape index (κ2) is 4.55. The lowest BCUT2D eigenvalue weighted by atomic mass is 9.82. The summed E-state index contributed by atoms with van der Waals surface area (Å²) in [7, 11) is 0. The smallest absolute Gasteiger partial charge is 0.457 e. The molecule has 0 aliphatic heterocycles. The van der Waals surface area contributed by atoms with Gasteiger partial charge in [-0.05, 0) is 12.1 Å². The second-order valence-electron chi connectivity index (χ2n) is 4.04. The molecular weight excluding hydrogens is 285 g/mol. The summed E-state index contributed by atoms with van der Waals surface area (Å²) in [5.41, 5.74) is -5.02. The zero-order chi connectivity index (χ0) is 15.0. The van der Waals surface area contributed by atoms with Crippen molar-refractivity contribution in [2.75, 3.05) is 0 Å². The SMILES string of the molecule is OC(c1cccnc1)(c1ccoc1)C(F)(F)C(F)(F)F. The molecule has 0 spiro atoms. The van der Waals surface area contributed by atoms with Gasteiger partial charge in [0.25, 0.3) is 0 Å². The van der Waals surface area contributed by atoms with Crippen molar-refractivity contribution in [3.8, 4) is 0 Å². The van der Waals surface area contributed by atoms with Gasteiger partial charge in [0.1, 0.15) is 0 Å². The predicted molar refractivity (Wildman–Crippen MR) is 56.9 cm³/mol. The minimum absolute atomic E-state index is 0.632. The van der Waals surface area contributed by atoms with Crippen molar-refractivity contribution in [1.82, 2.24) is 4.98 Å². The molecule has 0 bridgehead atoms. The van der Waals surface area contributed by atoms with Crippen LogP contribution in [0.5, 0.6) is 0 Å². The molecule has 0 aromatic carbocycles. The highest BCUT2D eigenvalue weighted by Crippen LogP contribution is 2.51. The number of furan rings is 1. The Kier molecular flexibility index (Phi) is 3.29. The van der Waals surface area contributed by atoms with Gasteiger partial charge >= 0.3 is 12.1 Å². The molecule has 0 aliphatic carbocycles. The molecule has 108 valence electrons. The van der Waals surface area contributed by atoms with Crippen LogP contribution in [0, 0.1) is 0 Å². The number of rotatable bonds is 3. The molecule has 8 heteroatoms. The first-order chi connectivity index (χ1) is 9.21. The lowest BCUT2D eigenvalue weighted by Crippen LogP contribution is -2.55. The fourth-order valence-corrected chi connectivity index (χ4v) is 1.78. The van der Waals surface area contributed by atoms with E-state index in [4.69, 9.17) is 0 Å². The van der Waals surface area contributed by atoms with Gasteiger partial charge in [-0.25, -0.2) is 0 Å². The number of nitrogens with zero attached hydrogens (tertiary/aromatic N) is 1. The number of aromatic nitrogens is 1. The maximum absolute atomic E-state index is 13.8. The third-order valence-corrected chi connectivity index (χ3v) is 2.83. The Bertz CT molecular complexity index is 567. The third-order valence-electron chi connectivity index (χ3n) is 2.83. The molecule has 1 N–H and O–H groups in total. The van der Waals surface area contributed by atoms with E-state index in [1.807, 2.05) is 0 Å². The summed E-state index contributed by atoms with van der Waals surface area (Å²) < 4.78 is 70.0. The molecule has 1 unspecified atom stereocenters. The molecule has 2 heterocycles. The van der Waals surface area contributed by atoms with Crippen LogP contribution in [0.1, 0.15) is 11.1 Å². The molecule has 0 fully saturated rings. The zero-order valence-electron chi connectivity index (χ0n) is 9.73. The van der Waals surface area contributed by atoms with E-state index in [0.29, 0.717) is 6.26 Å². The highest BCUT2D eigenvalue weighted by molar-refractivity contribution is 5.36. The normalized spacial score (nSPS) is 15.9. The summed E-state index contributed by atoms with van der Waals surface area (Å²) in [5, 5.41) is 10.1. The zero-order valence-corrected chi connectivity index (χ0v) is 9.73. The minimum Gasteiger partial charge on any atom is -0.472 e. The van der Waals surface area contributed by atoms with Gasteiger partial charge in [-0.1, -0.05) is 6.07 Å². The third kappa shape index (κ3) is 1.96. The number of hydrogen-bond donors (Lipinski definition) is 1. The summed E-state index contributed by atoms with van der Waals surface area (Å²) in [5.74, 6) is -5.42. The molecule has 0 saturated carbocycles. The van der Waals surface area contributed by atoms with Gasteiger partial charge in [0, 0.05) is 23.5 Å². The van der Waals surface area contributed by atoms with Gasteiger partial charge in [-0.3, -0.25) is 4.98 Å². The first kappa shape index (κ1) is 14.4. The van der Waals surface area contributed by atoms with E-state index in [1.54, 1.807) is 0 Å². The molecule has 3 nitrogen and oxygen atoms in total. The average Bonchev–Trinajstić information content (AvgIpc) is 2.91. The van der Waals surface area contributed by atoms with Gasteiger partial charge in [0.15, 0.2) is 5.60 Å². The fourth-order valence-electron chi connectivity index (χ4n) is 1.78. The first-order valence-electron chi connectivity index (χ1n) is 5.31. The Morgan fingerprint density at radius 1 is 1.05 bits per heavy atom. The van der Waals surface area contributed by atoms with Gasteiger partial charge < -0.3 is 9.52 Å². The van der Waals surface area contributed by atoms with Crippen molar-refractivity contribution in [3.63, 3.8) is 0 Å². The summed E-state index contributed by atoms with van der Waals surface area (Å²) >= 11 is 0. The molecule has 0 saturated heterocycles. The van der Waals surface area contributed by atoms with E-state index in [9.17, 15) is 27.1 Å². The highest BCUT2D eigenvalue weighted by Gasteiger charge is 2.71. The van der Waals surface area contributed by atoms with Crippen LogP contribution >= 0.6 is 0 Å². The quantitative estimate of drug-likeness (QED) is 0.884. The molecule has 0 radical (unpaired) electrons. The van der Waals surface area contributed by atoms with Crippen molar-refractivity contribution in [2.24, 2.45) is 0 Å². The van der Waals surface area contributed by atoms with E-state index in [2.05, 4.69) is 9.40 Å². The van der Waals surface area contributed by atoms with Crippen LogP contribution in [0.25, 0.3) is 0 Å². The number of hydrogen-bond acceptors (Lipinski definition) is 3. The molecule has 20 heavy (non-hydrogen) atoms. The number of pyridine rings is 1. The largest absolute Gasteiger partial charge is 0.472 e. The topological polar surface area (TPSA) is 46.3 Å². The minimum atomic E-state index is -5.95. The monoisotopic (exact) mass is 293 g/mol. The van der Waals surface area contributed by atoms with Crippen molar-refractivity contribution in [1.29, 1.82) is 0 Å². The Morgan fingerprint density at radius 2 is 1.75 bits per heavy atom. The Morgan fingerprint density at radius 3 is 2.20 bits per heavy atom. The van der Waals surface area contributed by atoms with E-state index >= 15 is 0 Å². The predicted octanol–water partition coefficient (Wildman–Crippen LogP) is 3.11. The number of halogens is 5. The average molecular weight is 293 g/mol. The summed E-state index contributed by atoms with van der Waals surface area (Å²) in [6.07, 6.45) is -2.50. The lowest BCUT2D eigenvalue weighted by Gasteiger charge is -2.36. The van der Waals surface area contributed by atoms with Gasteiger partial charge in [0.05, 0.1) is 12.5 Å². The van der Waals surface area contributed by atoms with Crippen molar-refractivity contribution in [3.05, 3.63) is 54.2 Å². The van der Waals surface area contributed by atoms with E-state index in [0.717, 1.165) is 30.7 Å². The van der Waals surface area contributed by atoms with Crippen LogP contribution in [-0.2, 0) is 5.60 Å². The standard InChI is InChI=1S/C12H8F5NO2/c13-11(14,12(15,16)17)10(19,9-3-5-20-7-9)8-2-1-4-18-6-8/h1-7,19H. The van der Waals surface area contributed by atoms with Crippen molar-refractivity contribution >= 4 is 0 Å². The Balaban J connectivity index is 2.69. The Hall–Kier alpha value is -1.96. The highest BCUT2D eigenvalue weighted by atomic mass is 19.4. The maximum Gasteiger partial charge on any atom is 0.457 e. The molecular formula is C12H8F5NO2. The molecule has 2 aromatic heterocycles. The van der Waals surface area contributed by atoms with Crippen LogP contribution < -0.4 is 0 Å². The molecule has 1 atom stereocenters. The molecule has 2 aromatic rings. The van der Waals surface area contributed by atoms with Gasteiger partial charge in [-0.15, -0.1) is 0 Å². The molecule has 0 aliphatic rings. The van der Waals surface area contributed by atoms with E-state index in [1.165, 1.54) is 6.20 Å². The maximum atomic E-state index is 13.8. The Labute approximate surface area is 109 Å². The van der Waals surface area contributed by atoms with Crippen LogP contribution in [0.4, 0.5) is 22.0 Å². The number of aliphatic hydroxyl groups is 1. The van der Waals surface area contributed by atoms with Gasteiger partial charge in [0.2, 0.25) is 0 Å². The molecule has 0 amide bonds. The first-order valence-corrected chi connectivity index (χ1v) is 5.31. The van der Waals surface area contributed by atoms with Crippen LogP contribution in [0.15, 0.2) is 47.5 Å². The fraction of sp³-hybridized carbons (Fsp3) is 0.250. The van der Waals surface area contributed by atoms with Crippen LogP contribution in [-0.4, -0.2) is 22.2 Å². The summed E-state index contributed by atoms with van der Waals surface area (Å²) in [6.45, 7) is 0. The van der Waals surface area contributed by atoms with Crippen molar-refractivity contribution in [2.45, 2.75) is 17.7 Å². The van der Waals surface area contributed by atoms with Crippen LogP contribution in [0.3, 0.4) is 0 Å². The number of alkyl halides is 5. The second-order valence-corrected chi connectivity index (χ2v) is 4.04. The van der Waals surface area contributed by atoms with Crippen LogP contribution in [0.2, 0.25) is 0 Å². The van der Waals surface area contributed by atoms with E-state index in [-0.39, 0.29) is 0 Å². The van der Waals surface area contributed by atoms with Crippen molar-refractivity contribution < 1.29 is 31.5 Å². The summed E-state index contributed by atoms with van der Waals surface area (Å²) in [6, 6.07) is 2.92.